The lowest BCUT2D eigenvalue weighted by atomic mass is 10.1. The molecule has 0 radical (unpaired) electrons. The first kappa shape index (κ1) is 14.4. The molecule has 0 spiro atoms. The number of furan rings is 1. The molecule has 0 atom stereocenters. The zero-order chi connectivity index (χ0) is 16.6. The van der Waals surface area contributed by atoms with Gasteiger partial charge in [0.2, 0.25) is 0 Å². The van der Waals surface area contributed by atoms with Gasteiger partial charge in [-0.1, -0.05) is 12.1 Å². The van der Waals surface area contributed by atoms with Crippen molar-refractivity contribution >= 4 is 27.9 Å². The summed E-state index contributed by atoms with van der Waals surface area (Å²) in [4.78, 5) is 8.72. The number of rotatable bonds is 4. The van der Waals surface area contributed by atoms with Crippen molar-refractivity contribution in [2.75, 3.05) is 11.9 Å². The van der Waals surface area contributed by atoms with Crippen LogP contribution in [-0.2, 0) is 19.4 Å². The van der Waals surface area contributed by atoms with E-state index in [1.165, 1.54) is 12.8 Å². The molecule has 25 heavy (non-hydrogen) atoms. The number of para-hydroxylation sites is 1. The zero-order valence-electron chi connectivity index (χ0n) is 13.8. The molecule has 5 rings (SSSR count). The summed E-state index contributed by atoms with van der Waals surface area (Å²) in [5, 5.41) is 13.0. The van der Waals surface area contributed by atoms with Crippen LogP contribution < -0.4 is 5.32 Å². The largest absolute Gasteiger partial charge is 0.450 e. The average Bonchev–Trinajstić information content (AvgIpc) is 3.24. The number of benzene rings is 1. The van der Waals surface area contributed by atoms with Gasteiger partial charge in [-0.25, -0.2) is 9.97 Å². The molecule has 126 valence electrons. The Hall–Kier alpha value is -2.96. The summed E-state index contributed by atoms with van der Waals surface area (Å²) in [7, 11) is 0. The van der Waals surface area contributed by atoms with Crippen LogP contribution in [0.4, 0.5) is 5.82 Å². The van der Waals surface area contributed by atoms with Crippen molar-refractivity contribution in [2.45, 2.75) is 32.2 Å². The maximum absolute atomic E-state index is 5.94. The van der Waals surface area contributed by atoms with Gasteiger partial charge in [0.1, 0.15) is 29.1 Å². The summed E-state index contributed by atoms with van der Waals surface area (Å²) in [6.45, 7) is 1.75. The van der Waals surface area contributed by atoms with Crippen molar-refractivity contribution in [1.82, 2.24) is 24.7 Å². The third-order valence-electron chi connectivity index (χ3n) is 4.74. The molecule has 1 aromatic carbocycles. The van der Waals surface area contributed by atoms with Crippen molar-refractivity contribution < 1.29 is 4.42 Å². The minimum atomic E-state index is 0.701. The Kier molecular flexibility index (Phi) is 3.36. The quantitative estimate of drug-likeness (QED) is 0.618. The number of aryl methyl sites for hydroxylation is 1. The van der Waals surface area contributed by atoms with Crippen LogP contribution in [0.1, 0.15) is 24.5 Å². The van der Waals surface area contributed by atoms with E-state index in [4.69, 9.17) is 4.42 Å². The Morgan fingerprint density at radius 2 is 2.08 bits per heavy atom. The number of hydrogen-bond donors (Lipinski definition) is 1. The second kappa shape index (κ2) is 5.84. The molecule has 1 aliphatic rings. The van der Waals surface area contributed by atoms with Crippen LogP contribution in [0.5, 0.6) is 0 Å². The fourth-order valence-electron chi connectivity index (χ4n) is 3.50. The highest BCUT2D eigenvalue weighted by Gasteiger charge is 2.16. The Labute approximate surface area is 144 Å². The van der Waals surface area contributed by atoms with Gasteiger partial charge in [-0.3, -0.25) is 0 Å². The van der Waals surface area contributed by atoms with Gasteiger partial charge in [-0.2, -0.15) is 0 Å². The van der Waals surface area contributed by atoms with Crippen LogP contribution in [0.2, 0.25) is 0 Å². The van der Waals surface area contributed by atoms with E-state index in [0.717, 1.165) is 59.9 Å². The standard InChI is InChI=1S/C18H18N6O/c1-2-6-13-12(5-1)16-17(25-13)18(21-11-20-16)19-9-8-15-23-22-14-7-3-4-10-24(14)15/h1-2,5-6,11H,3-4,7-10H2,(H,19,20,21). The molecule has 0 bridgehead atoms. The summed E-state index contributed by atoms with van der Waals surface area (Å²) in [5.41, 5.74) is 2.37. The highest BCUT2D eigenvalue weighted by atomic mass is 16.3. The minimum absolute atomic E-state index is 0.701. The first-order valence-electron chi connectivity index (χ1n) is 8.67. The summed E-state index contributed by atoms with van der Waals surface area (Å²) in [5.74, 6) is 2.87. The Balaban J connectivity index is 1.38. The highest BCUT2D eigenvalue weighted by molar-refractivity contribution is 6.05. The van der Waals surface area contributed by atoms with Gasteiger partial charge in [0.15, 0.2) is 11.4 Å². The van der Waals surface area contributed by atoms with E-state index in [1.807, 2.05) is 24.3 Å². The van der Waals surface area contributed by atoms with Gasteiger partial charge in [-0.05, 0) is 25.0 Å². The van der Waals surface area contributed by atoms with Gasteiger partial charge in [0.05, 0.1) is 0 Å². The summed E-state index contributed by atoms with van der Waals surface area (Å²) in [6.07, 6.45) is 5.83. The smallest absolute Gasteiger partial charge is 0.196 e. The number of fused-ring (bicyclic) bond motifs is 4. The summed E-state index contributed by atoms with van der Waals surface area (Å²) >= 11 is 0. The molecule has 0 saturated heterocycles. The molecule has 0 unspecified atom stereocenters. The molecule has 0 amide bonds. The molecular weight excluding hydrogens is 316 g/mol. The molecular formula is C18H18N6O. The molecule has 1 aliphatic heterocycles. The third-order valence-corrected chi connectivity index (χ3v) is 4.74. The van der Waals surface area contributed by atoms with Gasteiger partial charge in [0.25, 0.3) is 0 Å². The van der Waals surface area contributed by atoms with Crippen LogP contribution in [0.15, 0.2) is 35.0 Å². The minimum Gasteiger partial charge on any atom is -0.450 e. The molecule has 0 fully saturated rings. The van der Waals surface area contributed by atoms with Crippen LogP contribution >= 0.6 is 0 Å². The van der Waals surface area contributed by atoms with Gasteiger partial charge in [-0.15, -0.1) is 10.2 Å². The fourth-order valence-corrected chi connectivity index (χ4v) is 3.50. The predicted molar refractivity (Wildman–Crippen MR) is 94.5 cm³/mol. The topological polar surface area (TPSA) is 81.7 Å². The Morgan fingerprint density at radius 1 is 1.12 bits per heavy atom. The Bertz CT molecular complexity index is 1050. The van der Waals surface area contributed by atoms with E-state index in [2.05, 4.69) is 30.0 Å². The second-order valence-corrected chi connectivity index (χ2v) is 6.32. The molecule has 4 heterocycles. The number of nitrogens with one attached hydrogen (secondary N) is 1. The summed E-state index contributed by atoms with van der Waals surface area (Å²) < 4.78 is 8.19. The monoisotopic (exact) mass is 334 g/mol. The van der Waals surface area contributed by atoms with E-state index in [1.54, 1.807) is 6.33 Å². The van der Waals surface area contributed by atoms with Crippen LogP contribution in [0.25, 0.3) is 22.1 Å². The highest BCUT2D eigenvalue weighted by Crippen LogP contribution is 2.30. The van der Waals surface area contributed by atoms with E-state index in [0.29, 0.717) is 5.58 Å². The van der Waals surface area contributed by atoms with Gasteiger partial charge < -0.3 is 14.3 Å². The molecule has 3 aromatic heterocycles. The van der Waals surface area contributed by atoms with E-state index in [9.17, 15) is 0 Å². The van der Waals surface area contributed by atoms with Crippen molar-refractivity contribution in [2.24, 2.45) is 0 Å². The lowest BCUT2D eigenvalue weighted by Gasteiger charge is -2.14. The van der Waals surface area contributed by atoms with Crippen molar-refractivity contribution in [3.05, 3.63) is 42.2 Å². The van der Waals surface area contributed by atoms with E-state index < -0.39 is 0 Å². The number of nitrogens with zero attached hydrogens (tertiary/aromatic N) is 5. The molecule has 7 heteroatoms. The SMILES string of the molecule is c1ccc2c(c1)oc1c(NCCc3nnc4n3CCCC4)ncnc12. The van der Waals surface area contributed by atoms with Gasteiger partial charge >= 0.3 is 0 Å². The number of hydrogen-bond acceptors (Lipinski definition) is 6. The van der Waals surface area contributed by atoms with Crippen LogP contribution in [-0.4, -0.2) is 31.3 Å². The van der Waals surface area contributed by atoms with E-state index >= 15 is 0 Å². The predicted octanol–water partition coefficient (Wildman–Crippen LogP) is 2.96. The fraction of sp³-hybridized carbons (Fsp3) is 0.333. The molecule has 4 aromatic rings. The molecule has 0 aliphatic carbocycles. The third kappa shape index (κ3) is 2.43. The lowest BCUT2D eigenvalue weighted by Crippen LogP contribution is -2.16. The van der Waals surface area contributed by atoms with Gasteiger partial charge in [0, 0.05) is 31.3 Å². The number of aromatic nitrogens is 5. The Morgan fingerprint density at radius 3 is 3.08 bits per heavy atom. The van der Waals surface area contributed by atoms with Crippen LogP contribution in [0, 0.1) is 0 Å². The second-order valence-electron chi connectivity index (χ2n) is 6.32. The maximum atomic E-state index is 5.94. The molecule has 1 N–H and O–H groups in total. The molecule has 0 saturated carbocycles. The first-order valence-corrected chi connectivity index (χ1v) is 8.67. The number of anilines is 1. The zero-order valence-corrected chi connectivity index (χ0v) is 13.8. The van der Waals surface area contributed by atoms with Crippen LogP contribution in [0.3, 0.4) is 0 Å². The van der Waals surface area contributed by atoms with Crippen molar-refractivity contribution in [1.29, 1.82) is 0 Å². The lowest BCUT2D eigenvalue weighted by molar-refractivity contribution is 0.508. The van der Waals surface area contributed by atoms with Crippen molar-refractivity contribution in [3.8, 4) is 0 Å². The molecule has 7 nitrogen and oxygen atoms in total. The van der Waals surface area contributed by atoms with E-state index in [-0.39, 0.29) is 0 Å². The summed E-state index contributed by atoms with van der Waals surface area (Å²) in [6, 6.07) is 7.91. The van der Waals surface area contributed by atoms with Crippen molar-refractivity contribution in [3.63, 3.8) is 0 Å². The normalized spacial score (nSPS) is 14.1. The average molecular weight is 334 g/mol. The first-order chi connectivity index (χ1) is 12.4. The maximum Gasteiger partial charge on any atom is 0.196 e.